The van der Waals surface area contributed by atoms with Gasteiger partial charge in [0.05, 0.1) is 4.92 Å². The molecule has 2 heterocycles. The predicted molar refractivity (Wildman–Crippen MR) is 74.2 cm³/mol. The first-order valence-corrected chi connectivity index (χ1v) is 6.00. The number of anilines is 1. The molecule has 0 unspecified atom stereocenters. The Balaban J connectivity index is 2.17. The largest absolute Gasteiger partial charge is 0.477 e. The molecule has 0 aliphatic carbocycles. The lowest BCUT2D eigenvalue weighted by molar-refractivity contribution is -0.385. The van der Waals surface area contributed by atoms with Crippen molar-refractivity contribution in [2.45, 2.75) is 13.5 Å². The van der Waals surface area contributed by atoms with E-state index in [1.165, 1.54) is 0 Å². The number of hydrogen-bond acceptors (Lipinski definition) is 6. The average Bonchev–Trinajstić information content (AvgIpc) is 2.46. The van der Waals surface area contributed by atoms with Crippen molar-refractivity contribution >= 4 is 17.5 Å². The van der Waals surface area contributed by atoms with Crippen LogP contribution in [0.15, 0.2) is 30.6 Å². The van der Waals surface area contributed by atoms with E-state index in [-0.39, 0.29) is 5.82 Å². The SMILES string of the molecule is Cc1ccc(CNc2cc(C(=O)O)c([N+](=O)[O-])cn2)cn1. The Morgan fingerprint density at radius 3 is 2.71 bits per heavy atom. The van der Waals surface area contributed by atoms with Crippen LogP contribution in [0.3, 0.4) is 0 Å². The summed E-state index contributed by atoms with van der Waals surface area (Å²) in [7, 11) is 0. The number of pyridine rings is 2. The minimum absolute atomic E-state index is 0.249. The molecule has 8 heteroatoms. The van der Waals surface area contributed by atoms with Crippen molar-refractivity contribution in [3.05, 3.63) is 57.5 Å². The maximum absolute atomic E-state index is 11.0. The van der Waals surface area contributed by atoms with E-state index in [0.29, 0.717) is 6.54 Å². The van der Waals surface area contributed by atoms with Gasteiger partial charge in [-0.25, -0.2) is 9.78 Å². The van der Waals surface area contributed by atoms with Crippen molar-refractivity contribution in [2.75, 3.05) is 5.32 Å². The lowest BCUT2D eigenvalue weighted by Crippen LogP contribution is -2.07. The molecule has 0 radical (unpaired) electrons. The Morgan fingerprint density at radius 2 is 2.14 bits per heavy atom. The van der Waals surface area contributed by atoms with Gasteiger partial charge in [0, 0.05) is 24.5 Å². The van der Waals surface area contributed by atoms with Crippen molar-refractivity contribution in [3.8, 4) is 0 Å². The Morgan fingerprint density at radius 1 is 1.38 bits per heavy atom. The molecule has 0 bridgehead atoms. The van der Waals surface area contributed by atoms with Crippen LogP contribution in [-0.4, -0.2) is 26.0 Å². The second-order valence-corrected chi connectivity index (χ2v) is 4.31. The number of aryl methyl sites for hydroxylation is 1. The molecule has 0 saturated carbocycles. The fourth-order valence-electron chi connectivity index (χ4n) is 1.66. The predicted octanol–water partition coefficient (Wildman–Crippen LogP) is 2.00. The van der Waals surface area contributed by atoms with Crippen LogP contribution in [0.5, 0.6) is 0 Å². The van der Waals surface area contributed by atoms with E-state index in [0.717, 1.165) is 23.5 Å². The van der Waals surface area contributed by atoms with E-state index < -0.39 is 22.1 Å². The first kappa shape index (κ1) is 14.4. The topological polar surface area (TPSA) is 118 Å². The van der Waals surface area contributed by atoms with Crippen LogP contribution in [0.4, 0.5) is 11.5 Å². The maximum atomic E-state index is 11.0. The lowest BCUT2D eigenvalue weighted by Gasteiger charge is -2.06. The normalized spacial score (nSPS) is 10.1. The summed E-state index contributed by atoms with van der Waals surface area (Å²) in [6.45, 7) is 2.26. The molecule has 2 aromatic heterocycles. The summed E-state index contributed by atoms with van der Waals surface area (Å²) in [5.74, 6) is -1.12. The van der Waals surface area contributed by atoms with E-state index in [1.807, 2.05) is 19.1 Å². The first-order chi connectivity index (χ1) is 9.97. The molecule has 0 aliphatic heterocycles. The van der Waals surface area contributed by atoms with Gasteiger partial charge in [0.15, 0.2) is 0 Å². The third kappa shape index (κ3) is 3.50. The zero-order chi connectivity index (χ0) is 15.4. The minimum Gasteiger partial charge on any atom is -0.477 e. The molecule has 108 valence electrons. The highest BCUT2D eigenvalue weighted by molar-refractivity contribution is 5.93. The van der Waals surface area contributed by atoms with Gasteiger partial charge in [-0.3, -0.25) is 15.1 Å². The summed E-state index contributed by atoms with van der Waals surface area (Å²) in [5.41, 5.74) is 0.836. The van der Waals surface area contributed by atoms with Crippen LogP contribution >= 0.6 is 0 Å². The van der Waals surface area contributed by atoms with E-state index in [9.17, 15) is 14.9 Å². The summed E-state index contributed by atoms with van der Waals surface area (Å²) >= 11 is 0. The molecule has 0 spiro atoms. The van der Waals surface area contributed by atoms with E-state index in [1.54, 1.807) is 6.20 Å². The standard InChI is InChI=1S/C13H12N4O4/c1-8-2-3-9(5-14-8)6-15-12-4-10(13(18)19)11(7-16-12)17(20)21/h2-5,7H,6H2,1H3,(H,15,16)(H,18,19). The summed E-state index contributed by atoms with van der Waals surface area (Å²) in [4.78, 5) is 28.9. The molecule has 0 fully saturated rings. The van der Waals surface area contributed by atoms with Gasteiger partial charge >= 0.3 is 11.7 Å². The monoisotopic (exact) mass is 288 g/mol. The van der Waals surface area contributed by atoms with E-state index in [2.05, 4.69) is 15.3 Å². The smallest absolute Gasteiger partial charge is 0.342 e. The molecule has 0 amide bonds. The molecule has 8 nitrogen and oxygen atoms in total. The summed E-state index contributed by atoms with van der Waals surface area (Å²) in [6, 6.07) is 4.86. The van der Waals surface area contributed by atoms with Crippen LogP contribution in [0.2, 0.25) is 0 Å². The van der Waals surface area contributed by atoms with Gasteiger partial charge in [0.1, 0.15) is 17.6 Å². The molecule has 0 aromatic carbocycles. The average molecular weight is 288 g/mol. The van der Waals surface area contributed by atoms with Gasteiger partial charge in [0.25, 0.3) is 0 Å². The first-order valence-electron chi connectivity index (χ1n) is 6.00. The number of carbonyl (C=O) groups is 1. The van der Waals surface area contributed by atoms with Crippen molar-refractivity contribution in [2.24, 2.45) is 0 Å². The molecular weight excluding hydrogens is 276 g/mol. The van der Waals surface area contributed by atoms with E-state index >= 15 is 0 Å². The van der Waals surface area contributed by atoms with Crippen molar-refractivity contribution in [3.63, 3.8) is 0 Å². The van der Waals surface area contributed by atoms with Gasteiger partial charge in [-0.05, 0) is 18.6 Å². The number of nitrogens with one attached hydrogen (secondary N) is 1. The number of aromatic nitrogens is 2. The Kier molecular flexibility index (Phi) is 4.07. The number of rotatable bonds is 5. The number of aromatic carboxylic acids is 1. The molecular formula is C13H12N4O4. The van der Waals surface area contributed by atoms with Crippen molar-refractivity contribution < 1.29 is 14.8 Å². The number of carboxylic acid groups (broad SMARTS) is 1. The Hall–Kier alpha value is -3.03. The van der Waals surface area contributed by atoms with Crippen LogP contribution < -0.4 is 5.32 Å². The summed E-state index contributed by atoms with van der Waals surface area (Å²) < 4.78 is 0. The second-order valence-electron chi connectivity index (χ2n) is 4.31. The van der Waals surface area contributed by atoms with Gasteiger partial charge in [-0.2, -0.15) is 0 Å². The highest BCUT2D eigenvalue weighted by atomic mass is 16.6. The highest BCUT2D eigenvalue weighted by Gasteiger charge is 2.20. The Labute approximate surface area is 119 Å². The summed E-state index contributed by atoms with van der Waals surface area (Å²) in [5, 5.41) is 22.6. The third-order valence-electron chi connectivity index (χ3n) is 2.76. The number of hydrogen-bond donors (Lipinski definition) is 2. The van der Waals surface area contributed by atoms with Crippen LogP contribution in [-0.2, 0) is 6.54 Å². The quantitative estimate of drug-likeness (QED) is 0.638. The fourth-order valence-corrected chi connectivity index (χ4v) is 1.66. The number of nitro groups is 1. The zero-order valence-corrected chi connectivity index (χ0v) is 11.1. The molecule has 0 saturated heterocycles. The molecule has 2 aromatic rings. The maximum Gasteiger partial charge on any atom is 0.342 e. The molecule has 21 heavy (non-hydrogen) atoms. The minimum atomic E-state index is -1.37. The fraction of sp³-hybridized carbons (Fsp3) is 0.154. The Bertz CT molecular complexity index is 685. The van der Waals surface area contributed by atoms with Gasteiger partial charge in [-0.15, -0.1) is 0 Å². The van der Waals surface area contributed by atoms with Gasteiger partial charge < -0.3 is 10.4 Å². The third-order valence-corrected chi connectivity index (χ3v) is 2.76. The number of nitrogens with zero attached hydrogens (tertiary/aromatic N) is 3. The molecule has 0 atom stereocenters. The number of carboxylic acids is 1. The van der Waals surface area contributed by atoms with E-state index in [4.69, 9.17) is 5.11 Å². The van der Waals surface area contributed by atoms with Crippen molar-refractivity contribution in [1.29, 1.82) is 0 Å². The highest BCUT2D eigenvalue weighted by Crippen LogP contribution is 2.20. The van der Waals surface area contributed by atoms with Crippen molar-refractivity contribution in [1.82, 2.24) is 9.97 Å². The molecule has 2 rings (SSSR count). The van der Waals surface area contributed by atoms with Gasteiger partial charge in [0.2, 0.25) is 0 Å². The van der Waals surface area contributed by atoms with Crippen LogP contribution in [0.25, 0.3) is 0 Å². The molecule has 2 N–H and O–H groups in total. The van der Waals surface area contributed by atoms with Gasteiger partial charge in [-0.1, -0.05) is 6.07 Å². The zero-order valence-electron chi connectivity index (χ0n) is 11.1. The molecule has 0 aliphatic rings. The summed E-state index contributed by atoms with van der Waals surface area (Å²) in [6.07, 6.45) is 2.62. The van der Waals surface area contributed by atoms with Crippen LogP contribution in [0, 0.1) is 17.0 Å². The second kappa shape index (κ2) is 5.95. The lowest BCUT2D eigenvalue weighted by atomic mass is 10.2. The van der Waals surface area contributed by atoms with Crippen LogP contribution in [0.1, 0.15) is 21.6 Å².